The van der Waals surface area contributed by atoms with Crippen LogP contribution in [0.1, 0.15) is 71.1 Å². The topological polar surface area (TPSA) is 12.0 Å². The third kappa shape index (κ3) is 12.2. The van der Waals surface area contributed by atoms with Crippen molar-refractivity contribution in [1.82, 2.24) is 5.32 Å². The number of hydrogen-bond donors (Lipinski definition) is 1. The zero-order valence-electron chi connectivity index (χ0n) is 11.8. The van der Waals surface area contributed by atoms with Gasteiger partial charge in [-0.25, -0.2) is 0 Å². The normalized spacial score (nSPS) is 13.8. The molecule has 0 aromatic carbocycles. The molecule has 1 unspecified atom stereocenters. The molecule has 0 heterocycles. The quantitative estimate of drug-likeness (QED) is 0.516. The van der Waals surface area contributed by atoms with Gasteiger partial charge in [0.25, 0.3) is 0 Å². The molecule has 0 radical (unpaired) electrons. The second-order valence-corrected chi connectivity index (χ2v) is 5.07. The largest absolute Gasteiger partial charge is 0.390 e. The molecule has 0 aromatic rings. The Morgan fingerprint density at radius 3 is 1.83 bits per heavy atom. The second-order valence-electron chi connectivity index (χ2n) is 5.07. The van der Waals surface area contributed by atoms with Gasteiger partial charge in [0.15, 0.2) is 0 Å². The average molecular weight is 267 g/mol. The van der Waals surface area contributed by atoms with E-state index in [4.69, 9.17) is 0 Å². The predicted molar refractivity (Wildman–Crippen MR) is 70.7 cm³/mol. The van der Waals surface area contributed by atoms with Gasteiger partial charge in [-0.2, -0.15) is 13.2 Å². The van der Waals surface area contributed by atoms with E-state index in [0.29, 0.717) is 6.42 Å². The first kappa shape index (κ1) is 17.8. The van der Waals surface area contributed by atoms with Gasteiger partial charge in [0.1, 0.15) is 0 Å². The number of hydrogen-bond acceptors (Lipinski definition) is 1. The van der Waals surface area contributed by atoms with Crippen molar-refractivity contribution in [2.24, 2.45) is 0 Å². The number of rotatable bonds is 11. The summed E-state index contributed by atoms with van der Waals surface area (Å²) in [5.74, 6) is 0. The van der Waals surface area contributed by atoms with Crippen molar-refractivity contribution in [2.75, 3.05) is 7.05 Å². The van der Waals surface area contributed by atoms with Crippen molar-refractivity contribution in [2.45, 2.75) is 83.4 Å². The van der Waals surface area contributed by atoms with E-state index in [1.165, 1.54) is 32.1 Å². The Labute approximate surface area is 110 Å². The van der Waals surface area contributed by atoms with Crippen LogP contribution < -0.4 is 5.32 Å². The summed E-state index contributed by atoms with van der Waals surface area (Å²) < 4.78 is 36.6. The number of nitrogens with one attached hydrogen (secondary N) is 1. The fraction of sp³-hybridized carbons (Fsp3) is 1.00. The Morgan fingerprint density at radius 1 is 0.889 bits per heavy atom. The molecule has 0 saturated carbocycles. The molecule has 1 nitrogen and oxygen atoms in total. The van der Waals surface area contributed by atoms with Crippen molar-refractivity contribution < 1.29 is 13.2 Å². The van der Waals surface area contributed by atoms with E-state index < -0.39 is 18.6 Å². The van der Waals surface area contributed by atoms with E-state index in [2.05, 4.69) is 12.2 Å². The smallest absolute Gasteiger partial charge is 0.317 e. The molecule has 0 aliphatic rings. The Bertz CT molecular complexity index is 180. The molecule has 18 heavy (non-hydrogen) atoms. The lowest BCUT2D eigenvalue weighted by Gasteiger charge is -2.17. The lowest BCUT2D eigenvalue weighted by Crippen LogP contribution is -2.30. The fourth-order valence-corrected chi connectivity index (χ4v) is 2.15. The van der Waals surface area contributed by atoms with Gasteiger partial charge in [-0.05, 0) is 13.5 Å². The summed E-state index contributed by atoms with van der Waals surface area (Å²) in [5, 5.41) is 2.76. The predicted octanol–water partition coefficient (Wildman–Crippen LogP) is 5.06. The highest BCUT2D eigenvalue weighted by molar-refractivity contribution is 4.69. The van der Waals surface area contributed by atoms with Crippen LogP contribution >= 0.6 is 0 Å². The van der Waals surface area contributed by atoms with E-state index in [9.17, 15) is 13.2 Å². The molecule has 0 spiro atoms. The average Bonchev–Trinajstić information content (AvgIpc) is 2.29. The third-order valence-corrected chi connectivity index (χ3v) is 3.29. The SMILES string of the molecule is CCCCCCCCCCC(CC(F)(F)F)NC. The van der Waals surface area contributed by atoms with Gasteiger partial charge in [-0.15, -0.1) is 0 Å². The maximum Gasteiger partial charge on any atom is 0.390 e. The maximum absolute atomic E-state index is 12.2. The molecule has 0 aromatic heterocycles. The van der Waals surface area contributed by atoms with Crippen LogP contribution in [0.15, 0.2) is 0 Å². The Balaban J connectivity index is 3.40. The molecule has 0 aliphatic heterocycles. The zero-order valence-corrected chi connectivity index (χ0v) is 11.8. The Kier molecular flexibility index (Phi) is 10.5. The zero-order chi connectivity index (χ0) is 13.9. The van der Waals surface area contributed by atoms with Gasteiger partial charge in [-0.1, -0.05) is 58.3 Å². The van der Waals surface area contributed by atoms with Gasteiger partial charge in [-0.3, -0.25) is 0 Å². The molecule has 0 fully saturated rings. The Hall–Kier alpha value is -0.250. The van der Waals surface area contributed by atoms with Crippen LogP contribution in [0.3, 0.4) is 0 Å². The van der Waals surface area contributed by atoms with E-state index in [0.717, 1.165) is 19.3 Å². The van der Waals surface area contributed by atoms with Crippen LogP contribution in [0, 0.1) is 0 Å². The number of halogens is 3. The van der Waals surface area contributed by atoms with Crippen LogP contribution in [0.5, 0.6) is 0 Å². The molecule has 0 aliphatic carbocycles. The molecule has 110 valence electrons. The minimum Gasteiger partial charge on any atom is -0.317 e. The van der Waals surface area contributed by atoms with E-state index >= 15 is 0 Å². The van der Waals surface area contributed by atoms with Crippen molar-refractivity contribution in [3.05, 3.63) is 0 Å². The van der Waals surface area contributed by atoms with E-state index in [1.54, 1.807) is 7.05 Å². The summed E-state index contributed by atoms with van der Waals surface area (Å²) in [7, 11) is 1.61. The van der Waals surface area contributed by atoms with Gasteiger partial charge in [0.05, 0.1) is 6.42 Å². The lowest BCUT2D eigenvalue weighted by molar-refractivity contribution is -0.140. The van der Waals surface area contributed by atoms with Crippen LogP contribution in [-0.4, -0.2) is 19.3 Å². The van der Waals surface area contributed by atoms with Gasteiger partial charge >= 0.3 is 6.18 Å². The molecule has 0 saturated heterocycles. The van der Waals surface area contributed by atoms with Gasteiger partial charge in [0.2, 0.25) is 0 Å². The van der Waals surface area contributed by atoms with Crippen LogP contribution in [-0.2, 0) is 0 Å². The highest BCUT2D eigenvalue weighted by Crippen LogP contribution is 2.23. The molecule has 1 N–H and O–H groups in total. The molecular formula is C14H28F3N. The number of alkyl halides is 3. The summed E-state index contributed by atoms with van der Waals surface area (Å²) in [5.41, 5.74) is 0. The molecule has 0 bridgehead atoms. The molecule has 1 atom stereocenters. The molecular weight excluding hydrogens is 239 g/mol. The first-order valence-corrected chi connectivity index (χ1v) is 7.23. The summed E-state index contributed by atoms with van der Waals surface area (Å²) in [6, 6.07) is -0.412. The molecule has 0 amide bonds. The first-order valence-electron chi connectivity index (χ1n) is 7.23. The highest BCUT2D eigenvalue weighted by Gasteiger charge is 2.30. The minimum absolute atomic E-state index is 0.412. The van der Waals surface area contributed by atoms with Crippen LogP contribution in [0.2, 0.25) is 0 Å². The van der Waals surface area contributed by atoms with Crippen LogP contribution in [0.25, 0.3) is 0 Å². The number of unbranched alkanes of at least 4 members (excludes halogenated alkanes) is 7. The lowest BCUT2D eigenvalue weighted by atomic mass is 10.0. The molecule has 4 heteroatoms. The van der Waals surface area contributed by atoms with Gasteiger partial charge < -0.3 is 5.32 Å². The van der Waals surface area contributed by atoms with Crippen LogP contribution in [0.4, 0.5) is 13.2 Å². The maximum atomic E-state index is 12.2. The van der Waals surface area contributed by atoms with Crippen molar-refractivity contribution >= 4 is 0 Å². The van der Waals surface area contributed by atoms with E-state index in [-0.39, 0.29) is 0 Å². The summed E-state index contributed by atoms with van der Waals surface area (Å²) in [6.45, 7) is 2.19. The summed E-state index contributed by atoms with van der Waals surface area (Å²) in [4.78, 5) is 0. The third-order valence-electron chi connectivity index (χ3n) is 3.29. The monoisotopic (exact) mass is 267 g/mol. The van der Waals surface area contributed by atoms with Crippen molar-refractivity contribution in [3.8, 4) is 0 Å². The summed E-state index contributed by atoms with van der Waals surface area (Å²) >= 11 is 0. The Morgan fingerprint density at radius 2 is 1.39 bits per heavy atom. The standard InChI is InChI=1S/C14H28F3N/c1-3-4-5-6-7-8-9-10-11-13(18-2)12-14(15,16)17/h13,18H,3-12H2,1-2H3. The highest BCUT2D eigenvalue weighted by atomic mass is 19.4. The fourth-order valence-electron chi connectivity index (χ4n) is 2.15. The minimum atomic E-state index is -4.05. The van der Waals surface area contributed by atoms with Crippen molar-refractivity contribution in [1.29, 1.82) is 0 Å². The summed E-state index contributed by atoms with van der Waals surface area (Å²) in [6.07, 6.45) is 5.33. The molecule has 0 rings (SSSR count). The van der Waals surface area contributed by atoms with Crippen molar-refractivity contribution in [3.63, 3.8) is 0 Å². The van der Waals surface area contributed by atoms with Gasteiger partial charge in [0, 0.05) is 6.04 Å². The second kappa shape index (κ2) is 10.7. The van der Waals surface area contributed by atoms with E-state index in [1.807, 2.05) is 0 Å². The first-order chi connectivity index (χ1) is 8.49.